The zero-order valence-corrected chi connectivity index (χ0v) is 13.0. The van der Waals surface area contributed by atoms with E-state index in [0.29, 0.717) is 5.92 Å². The molecule has 21 heavy (non-hydrogen) atoms. The maximum atomic E-state index is 5.72. The number of imidazole rings is 1. The smallest absolute Gasteiger partial charge is 0.203 e. The summed E-state index contributed by atoms with van der Waals surface area (Å²) in [5, 5.41) is 3.60. The van der Waals surface area contributed by atoms with Crippen LogP contribution in [0.25, 0.3) is 0 Å². The van der Waals surface area contributed by atoms with Crippen molar-refractivity contribution in [2.45, 2.75) is 39.8 Å². The second-order valence-electron chi connectivity index (χ2n) is 6.12. The van der Waals surface area contributed by atoms with Crippen LogP contribution in [0.4, 0.5) is 5.95 Å². The van der Waals surface area contributed by atoms with Gasteiger partial charge in [-0.15, -0.1) is 0 Å². The SMILES string of the molecule is Cc1cn(CC(C)C)c(NC2CCOc3ccccc32)n1. The highest BCUT2D eigenvalue weighted by Gasteiger charge is 2.22. The summed E-state index contributed by atoms with van der Waals surface area (Å²) in [6, 6.07) is 8.52. The van der Waals surface area contributed by atoms with E-state index in [1.807, 2.05) is 19.1 Å². The summed E-state index contributed by atoms with van der Waals surface area (Å²) >= 11 is 0. The van der Waals surface area contributed by atoms with Crippen molar-refractivity contribution in [1.29, 1.82) is 0 Å². The molecule has 0 spiro atoms. The molecule has 1 aliphatic heterocycles. The van der Waals surface area contributed by atoms with Gasteiger partial charge >= 0.3 is 0 Å². The summed E-state index contributed by atoms with van der Waals surface area (Å²) in [5.41, 5.74) is 2.28. The van der Waals surface area contributed by atoms with Crippen molar-refractivity contribution in [2.75, 3.05) is 11.9 Å². The number of rotatable bonds is 4. The molecule has 0 bridgehead atoms. The highest BCUT2D eigenvalue weighted by Crippen LogP contribution is 2.33. The van der Waals surface area contributed by atoms with E-state index in [-0.39, 0.29) is 6.04 Å². The van der Waals surface area contributed by atoms with Gasteiger partial charge < -0.3 is 14.6 Å². The second kappa shape index (κ2) is 5.80. The largest absolute Gasteiger partial charge is 0.493 e. The van der Waals surface area contributed by atoms with Gasteiger partial charge in [0.05, 0.1) is 18.3 Å². The fourth-order valence-corrected chi connectivity index (χ4v) is 2.84. The van der Waals surface area contributed by atoms with Gasteiger partial charge in [0.25, 0.3) is 0 Å². The van der Waals surface area contributed by atoms with Crippen LogP contribution in [0.2, 0.25) is 0 Å². The Hall–Kier alpha value is -1.97. The number of ether oxygens (including phenoxy) is 1. The van der Waals surface area contributed by atoms with E-state index in [2.05, 4.69) is 47.0 Å². The maximum Gasteiger partial charge on any atom is 0.203 e. The van der Waals surface area contributed by atoms with Crippen LogP contribution in [0.5, 0.6) is 5.75 Å². The summed E-state index contributed by atoms with van der Waals surface area (Å²) in [5.74, 6) is 2.55. The molecule has 112 valence electrons. The molecule has 0 fully saturated rings. The quantitative estimate of drug-likeness (QED) is 0.929. The highest BCUT2D eigenvalue weighted by atomic mass is 16.5. The van der Waals surface area contributed by atoms with Gasteiger partial charge in [0, 0.05) is 24.7 Å². The van der Waals surface area contributed by atoms with Crippen LogP contribution in [0.3, 0.4) is 0 Å². The minimum Gasteiger partial charge on any atom is -0.493 e. The van der Waals surface area contributed by atoms with Crippen LogP contribution in [0.1, 0.15) is 37.6 Å². The average Bonchev–Trinajstić information content (AvgIpc) is 2.78. The van der Waals surface area contributed by atoms with E-state index >= 15 is 0 Å². The number of hydrogen-bond donors (Lipinski definition) is 1. The molecule has 1 aromatic carbocycles. The van der Waals surface area contributed by atoms with E-state index in [4.69, 9.17) is 4.74 Å². The molecule has 1 aliphatic rings. The Morgan fingerprint density at radius 3 is 3.00 bits per heavy atom. The van der Waals surface area contributed by atoms with Crippen LogP contribution in [-0.2, 0) is 6.54 Å². The molecule has 0 saturated carbocycles. The number of anilines is 1. The molecular weight excluding hydrogens is 262 g/mol. The van der Waals surface area contributed by atoms with Crippen LogP contribution >= 0.6 is 0 Å². The first-order chi connectivity index (χ1) is 10.1. The molecule has 3 rings (SSSR count). The molecule has 4 nitrogen and oxygen atoms in total. The standard InChI is InChI=1S/C17H23N3O/c1-12(2)10-20-11-13(3)18-17(20)19-15-8-9-21-16-7-5-4-6-14(15)16/h4-7,11-12,15H,8-10H2,1-3H3,(H,18,19). The Bertz CT molecular complexity index is 618. The molecule has 1 N–H and O–H groups in total. The first kappa shape index (κ1) is 14.0. The molecule has 0 aliphatic carbocycles. The fourth-order valence-electron chi connectivity index (χ4n) is 2.84. The van der Waals surface area contributed by atoms with E-state index in [1.54, 1.807) is 0 Å². The van der Waals surface area contributed by atoms with Crippen LogP contribution < -0.4 is 10.1 Å². The van der Waals surface area contributed by atoms with Crippen molar-refractivity contribution >= 4 is 5.95 Å². The summed E-state index contributed by atoms with van der Waals surface area (Å²) in [4.78, 5) is 4.64. The van der Waals surface area contributed by atoms with E-state index in [9.17, 15) is 0 Å². The number of fused-ring (bicyclic) bond motifs is 1. The molecule has 2 heterocycles. The Labute approximate surface area is 126 Å². The molecule has 0 saturated heterocycles. The molecule has 0 amide bonds. The minimum absolute atomic E-state index is 0.266. The number of hydrogen-bond acceptors (Lipinski definition) is 3. The Balaban J connectivity index is 1.85. The monoisotopic (exact) mass is 285 g/mol. The zero-order chi connectivity index (χ0) is 14.8. The van der Waals surface area contributed by atoms with E-state index < -0.39 is 0 Å². The first-order valence-electron chi connectivity index (χ1n) is 7.65. The lowest BCUT2D eigenvalue weighted by molar-refractivity contribution is 0.274. The normalized spacial score (nSPS) is 17.4. The van der Waals surface area contributed by atoms with Crippen LogP contribution in [0, 0.1) is 12.8 Å². The lowest BCUT2D eigenvalue weighted by atomic mass is 10.0. The maximum absolute atomic E-state index is 5.72. The molecule has 0 radical (unpaired) electrons. The summed E-state index contributed by atoms with van der Waals surface area (Å²) in [6.07, 6.45) is 3.08. The Kier molecular flexibility index (Phi) is 3.86. The third-order valence-corrected chi connectivity index (χ3v) is 3.72. The van der Waals surface area contributed by atoms with Gasteiger partial charge in [-0.05, 0) is 18.9 Å². The third kappa shape index (κ3) is 3.04. The molecule has 2 aromatic rings. The van der Waals surface area contributed by atoms with E-state index in [0.717, 1.165) is 37.0 Å². The summed E-state index contributed by atoms with van der Waals surface area (Å²) in [7, 11) is 0. The van der Waals surface area contributed by atoms with Crippen molar-refractivity contribution in [3.63, 3.8) is 0 Å². The molecule has 1 unspecified atom stereocenters. The van der Waals surface area contributed by atoms with Gasteiger partial charge in [0.2, 0.25) is 5.95 Å². The predicted molar refractivity (Wildman–Crippen MR) is 84.7 cm³/mol. The van der Waals surface area contributed by atoms with Gasteiger partial charge in [0.15, 0.2) is 0 Å². The Morgan fingerprint density at radius 2 is 2.19 bits per heavy atom. The topological polar surface area (TPSA) is 39.1 Å². The van der Waals surface area contributed by atoms with Gasteiger partial charge in [-0.3, -0.25) is 0 Å². The van der Waals surface area contributed by atoms with Crippen LogP contribution in [0.15, 0.2) is 30.5 Å². The first-order valence-corrected chi connectivity index (χ1v) is 7.65. The Morgan fingerprint density at radius 1 is 1.38 bits per heavy atom. The fraction of sp³-hybridized carbons (Fsp3) is 0.471. The summed E-state index contributed by atoms with van der Waals surface area (Å²) in [6.45, 7) is 8.22. The second-order valence-corrected chi connectivity index (χ2v) is 6.12. The molecule has 4 heteroatoms. The average molecular weight is 285 g/mol. The highest BCUT2D eigenvalue weighted by molar-refractivity contribution is 5.42. The third-order valence-electron chi connectivity index (χ3n) is 3.72. The van der Waals surface area contributed by atoms with Crippen molar-refractivity contribution in [2.24, 2.45) is 5.92 Å². The number of nitrogens with one attached hydrogen (secondary N) is 1. The van der Waals surface area contributed by atoms with Crippen molar-refractivity contribution in [1.82, 2.24) is 9.55 Å². The van der Waals surface area contributed by atoms with Crippen molar-refractivity contribution in [3.8, 4) is 5.75 Å². The number of benzene rings is 1. The summed E-state index contributed by atoms with van der Waals surface area (Å²) < 4.78 is 7.94. The van der Waals surface area contributed by atoms with Gasteiger partial charge in [0.1, 0.15) is 5.75 Å². The molecular formula is C17H23N3O. The lowest BCUT2D eigenvalue weighted by Gasteiger charge is -2.27. The van der Waals surface area contributed by atoms with Crippen LogP contribution in [-0.4, -0.2) is 16.2 Å². The van der Waals surface area contributed by atoms with Gasteiger partial charge in [-0.2, -0.15) is 0 Å². The molecule has 1 atom stereocenters. The predicted octanol–water partition coefficient (Wildman–Crippen LogP) is 3.78. The number of nitrogens with zero attached hydrogens (tertiary/aromatic N) is 2. The van der Waals surface area contributed by atoms with Crippen molar-refractivity contribution < 1.29 is 4.74 Å². The number of aromatic nitrogens is 2. The lowest BCUT2D eigenvalue weighted by Crippen LogP contribution is -2.22. The minimum atomic E-state index is 0.266. The van der Waals surface area contributed by atoms with E-state index in [1.165, 1.54) is 5.56 Å². The zero-order valence-electron chi connectivity index (χ0n) is 13.0. The number of aryl methyl sites for hydroxylation is 1. The number of para-hydroxylation sites is 1. The molecule has 1 aromatic heterocycles. The van der Waals surface area contributed by atoms with Gasteiger partial charge in [-0.1, -0.05) is 32.0 Å². The van der Waals surface area contributed by atoms with Crippen molar-refractivity contribution in [3.05, 3.63) is 41.7 Å². The van der Waals surface area contributed by atoms with Gasteiger partial charge in [-0.25, -0.2) is 4.98 Å².